The minimum absolute atomic E-state index is 0.152. The van der Waals surface area contributed by atoms with Gasteiger partial charge in [0.05, 0.1) is 0 Å². The van der Waals surface area contributed by atoms with Crippen molar-refractivity contribution in [3.8, 4) is 11.5 Å². The molecule has 0 spiro atoms. The van der Waals surface area contributed by atoms with Crippen molar-refractivity contribution < 1.29 is 14.3 Å². The van der Waals surface area contributed by atoms with Crippen LogP contribution in [0.4, 0.5) is 0 Å². The number of ketones is 1. The van der Waals surface area contributed by atoms with E-state index in [-0.39, 0.29) is 12.6 Å². The van der Waals surface area contributed by atoms with E-state index in [1.54, 1.807) is 6.92 Å². The van der Waals surface area contributed by atoms with Gasteiger partial charge in [0.1, 0.15) is 5.78 Å². The molecule has 0 atom stereocenters. The highest BCUT2D eigenvalue weighted by Gasteiger charge is 2.13. The van der Waals surface area contributed by atoms with Gasteiger partial charge in [0.15, 0.2) is 11.5 Å². The van der Waals surface area contributed by atoms with Gasteiger partial charge in [-0.25, -0.2) is 0 Å². The zero-order valence-corrected chi connectivity index (χ0v) is 7.37. The molecule has 1 heterocycles. The van der Waals surface area contributed by atoms with Gasteiger partial charge in [-0.2, -0.15) is 0 Å². The first-order valence-electron chi connectivity index (χ1n) is 4.13. The van der Waals surface area contributed by atoms with Crippen molar-refractivity contribution in [2.24, 2.45) is 0 Å². The Balaban J connectivity index is 2.25. The highest BCUT2D eigenvalue weighted by Crippen LogP contribution is 2.32. The predicted octanol–water partition coefficient (Wildman–Crippen LogP) is 1.55. The third-order valence-corrected chi connectivity index (χ3v) is 1.89. The predicted molar refractivity (Wildman–Crippen MR) is 47.0 cm³/mol. The molecular weight excluding hydrogens is 174 g/mol. The average molecular weight is 184 g/mol. The van der Waals surface area contributed by atoms with Crippen molar-refractivity contribution in [2.45, 2.75) is 13.3 Å². The zero-order valence-electron chi connectivity index (χ0n) is 7.37. The zero-order chi connectivity index (χ0) is 9.26. The van der Waals surface area contributed by atoms with Crippen LogP contribution in [0, 0.1) is 0 Å². The molecule has 2 rings (SSSR count). The van der Waals surface area contributed by atoms with Crippen molar-refractivity contribution in [3.63, 3.8) is 0 Å². The Morgan fingerprint density at radius 2 is 2.15 bits per heavy atom. The molecule has 0 N–H and O–H groups in total. The van der Waals surface area contributed by atoms with E-state index in [0.29, 0.717) is 6.42 Å². The SMILES string of the molecule is CC(=O)C[13c]1[13cH][13cH][13c]2[13c]([13cH]1)OCO2. The van der Waals surface area contributed by atoms with E-state index in [4.69, 9.17) is 9.47 Å². The van der Waals surface area contributed by atoms with Crippen LogP contribution in [0.3, 0.4) is 0 Å². The van der Waals surface area contributed by atoms with Gasteiger partial charge in [-0.15, -0.1) is 0 Å². The summed E-state index contributed by atoms with van der Waals surface area (Å²) in [5.74, 6) is 1.64. The summed E-state index contributed by atoms with van der Waals surface area (Å²) in [5, 5.41) is 0. The van der Waals surface area contributed by atoms with Crippen LogP contribution in [0.1, 0.15) is 12.5 Å². The van der Waals surface area contributed by atoms with Crippen molar-refractivity contribution >= 4 is 5.78 Å². The van der Waals surface area contributed by atoms with Crippen molar-refractivity contribution in [3.05, 3.63) is 23.8 Å². The second-order valence-electron chi connectivity index (χ2n) is 3.07. The molecule has 3 nitrogen and oxygen atoms in total. The van der Waals surface area contributed by atoms with Gasteiger partial charge in [0.25, 0.3) is 0 Å². The maximum Gasteiger partial charge on any atom is 0.231 e. The van der Waals surface area contributed by atoms with Gasteiger partial charge in [-0.3, -0.25) is 4.79 Å². The van der Waals surface area contributed by atoms with Crippen LogP contribution in [0.5, 0.6) is 11.5 Å². The molecule has 0 aromatic heterocycles. The fourth-order valence-electron chi connectivity index (χ4n) is 1.34. The summed E-state index contributed by atoms with van der Waals surface area (Å²) in [5.41, 5.74) is 0.969. The van der Waals surface area contributed by atoms with E-state index >= 15 is 0 Å². The van der Waals surface area contributed by atoms with Crippen LogP contribution < -0.4 is 9.47 Å². The summed E-state index contributed by atoms with van der Waals surface area (Å²) in [6, 6.07) is 5.57. The molecule has 0 radical (unpaired) electrons. The van der Waals surface area contributed by atoms with Crippen molar-refractivity contribution in [2.75, 3.05) is 6.79 Å². The summed E-state index contributed by atoms with van der Waals surface area (Å²) in [4.78, 5) is 10.8. The summed E-state index contributed by atoms with van der Waals surface area (Å²) >= 11 is 0. The lowest BCUT2D eigenvalue weighted by Crippen LogP contribution is -1.95. The lowest BCUT2D eigenvalue weighted by molar-refractivity contribution is -0.116. The number of ether oxygens (including phenoxy) is 2. The minimum Gasteiger partial charge on any atom is -0.454 e. The molecule has 1 aliphatic rings. The standard InChI is InChI=1S/C10H10O3/c1-7(11)4-8-2-3-9-10(5-8)13-6-12-9/h2-3,5H,4,6H2,1H3/i2+1,3+1,5+1,8+1,9+1,10+1. The molecule has 0 saturated carbocycles. The van der Waals surface area contributed by atoms with Crippen LogP contribution in [0.2, 0.25) is 0 Å². The van der Waals surface area contributed by atoms with Gasteiger partial charge in [0.2, 0.25) is 6.79 Å². The summed E-state index contributed by atoms with van der Waals surface area (Å²) in [7, 11) is 0. The number of Topliss-reactive ketones (excluding diaryl/α,β-unsaturated/α-hetero) is 1. The van der Waals surface area contributed by atoms with Crippen LogP contribution in [-0.4, -0.2) is 12.6 Å². The third-order valence-electron chi connectivity index (χ3n) is 1.89. The quantitative estimate of drug-likeness (QED) is 0.699. The Hall–Kier alpha value is -1.51. The maximum absolute atomic E-state index is 10.8. The molecule has 0 saturated heterocycles. The second kappa shape index (κ2) is 3.09. The van der Waals surface area contributed by atoms with Crippen molar-refractivity contribution in [1.29, 1.82) is 0 Å². The first-order chi connectivity index (χ1) is 6.25. The summed E-state index contributed by atoms with van der Waals surface area (Å²) in [6.07, 6.45) is 0.455. The minimum atomic E-state index is 0.152. The number of hydrogen-bond donors (Lipinski definition) is 0. The second-order valence-corrected chi connectivity index (χ2v) is 3.07. The molecular formula is C10H10O3. The number of hydrogen-bond acceptors (Lipinski definition) is 3. The first kappa shape index (κ1) is 8.10. The molecule has 1 aromatic carbocycles. The largest absolute Gasteiger partial charge is 0.454 e. The van der Waals surface area contributed by atoms with E-state index in [1.165, 1.54) is 0 Å². The Morgan fingerprint density at radius 3 is 2.92 bits per heavy atom. The van der Waals surface area contributed by atoms with Gasteiger partial charge in [-0.1, -0.05) is 6.07 Å². The molecule has 0 aliphatic carbocycles. The lowest BCUT2D eigenvalue weighted by atomic mass is 10.4. The monoisotopic (exact) mass is 184 g/mol. The Labute approximate surface area is 76.3 Å². The van der Waals surface area contributed by atoms with Crippen LogP contribution in [0.15, 0.2) is 18.2 Å². The van der Waals surface area contributed by atoms with Gasteiger partial charge >= 0.3 is 0 Å². The van der Waals surface area contributed by atoms with E-state index in [0.717, 1.165) is 17.1 Å². The third kappa shape index (κ3) is 1.64. The number of fused-ring (bicyclic) bond motifs is 1. The van der Waals surface area contributed by atoms with Crippen molar-refractivity contribution in [1.82, 2.24) is 0 Å². The number of rotatable bonds is 2. The molecule has 13 heavy (non-hydrogen) atoms. The maximum atomic E-state index is 10.8. The van der Waals surface area contributed by atoms with Crippen LogP contribution >= 0.6 is 0 Å². The summed E-state index contributed by atoms with van der Waals surface area (Å²) in [6.45, 7) is 1.85. The molecule has 3 heteroatoms. The van der Waals surface area contributed by atoms with E-state index in [9.17, 15) is 4.79 Å². The van der Waals surface area contributed by atoms with Crippen LogP contribution in [-0.2, 0) is 11.2 Å². The number of carbonyl (C=O) groups excluding carboxylic acids is 1. The Kier molecular flexibility index (Phi) is 1.93. The molecule has 0 unspecified atom stereocenters. The smallest absolute Gasteiger partial charge is 0.231 e. The lowest BCUT2D eigenvalue weighted by Gasteiger charge is -1.99. The van der Waals surface area contributed by atoms with E-state index in [1.807, 2.05) is 18.2 Å². The highest BCUT2D eigenvalue weighted by atomic mass is 16.8. The molecule has 68 valence electrons. The first-order valence-corrected chi connectivity index (χ1v) is 4.13. The summed E-state index contributed by atoms with van der Waals surface area (Å²) < 4.78 is 10.3. The molecule has 1 aromatic rings. The number of carbonyl (C=O) groups is 1. The normalized spacial score (nSPS) is 13.0. The number of benzene rings is 1. The van der Waals surface area contributed by atoms with Gasteiger partial charge in [-0.05, 0) is 24.6 Å². The topological polar surface area (TPSA) is 35.5 Å². The molecule has 0 bridgehead atoms. The molecule has 0 fully saturated rings. The van der Waals surface area contributed by atoms with E-state index in [2.05, 4.69) is 0 Å². The molecule has 0 amide bonds. The Bertz CT molecular complexity index is 344. The van der Waals surface area contributed by atoms with Gasteiger partial charge in [0, 0.05) is 6.42 Å². The average Bonchev–Trinajstić information content (AvgIpc) is 2.49. The van der Waals surface area contributed by atoms with Gasteiger partial charge < -0.3 is 9.47 Å². The fraction of sp³-hybridized carbons (Fsp3) is 0.300. The highest BCUT2D eigenvalue weighted by molar-refractivity contribution is 5.78. The molecule has 1 aliphatic heterocycles. The fourth-order valence-corrected chi connectivity index (χ4v) is 1.34. The van der Waals surface area contributed by atoms with E-state index < -0.39 is 0 Å². The van der Waals surface area contributed by atoms with Crippen LogP contribution in [0.25, 0.3) is 0 Å². The Morgan fingerprint density at radius 1 is 1.38 bits per heavy atom.